The van der Waals surface area contributed by atoms with Crippen LogP contribution in [0.25, 0.3) is 0 Å². The summed E-state index contributed by atoms with van der Waals surface area (Å²) >= 11 is 0. The highest BCUT2D eigenvalue weighted by Gasteiger charge is 2.22. The number of nitrogens with zero attached hydrogens (tertiary/aromatic N) is 1. The maximum absolute atomic E-state index is 12.1. The van der Waals surface area contributed by atoms with E-state index in [-0.39, 0.29) is 11.4 Å². The van der Waals surface area contributed by atoms with Crippen molar-refractivity contribution < 1.29 is 9.59 Å². The van der Waals surface area contributed by atoms with Gasteiger partial charge in [-0.3, -0.25) is 15.0 Å². The maximum atomic E-state index is 12.1. The van der Waals surface area contributed by atoms with Crippen LogP contribution in [-0.4, -0.2) is 35.5 Å². The number of amides is 3. The second-order valence-electron chi connectivity index (χ2n) is 6.27. The van der Waals surface area contributed by atoms with E-state index in [9.17, 15) is 9.59 Å². The molecule has 5 nitrogen and oxygen atoms in total. The van der Waals surface area contributed by atoms with Crippen LogP contribution in [0.15, 0.2) is 30.3 Å². The second-order valence-corrected chi connectivity index (χ2v) is 6.27. The van der Waals surface area contributed by atoms with Crippen LogP contribution in [0, 0.1) is 0 Å². The summed E-state index contributed by atoms with van der Waals surface area (Å²) < 4.78 is 0. The minimum absolute atomic E-state index is 0.310. The largest absolute Gasteiger partial charge is 0.333 e. The van der Waals surface area contributed by atoms with Gasteiger partial charge in [-0.2, -0.15) is 0 Å². The van der Waals surface area contributed by atoms with E-state index < -0.39 is 12.1 Å². The van der Waals surface area contributed by atoms with Gasteiger partial charge in [0.15, 0.2) is 0 Å². The quantitative estimate of drug-likeness (QED) is 0.893. The fourth-order valence-electron chi connectivity index (χ4n) is 1.80. The normalized spacial score (nSPS) is 12.9. The van der Waals surface area contributed by atoms with Crippen molar-refractivity contribution in [3.05, 3.63) is 35.9 Å². The lowest BCUT2D eigenvalue weighted by molar-refractivity contribution is -0.124. The molecule has 0 aliphatic carbocycles. The molecule has 1 aromatic rings. The molecule has 1 aromatic carbocycles. The van der Waals surface area contributed by atoms with E-state index in [2.05, 4.69) is 10.6 Å². The summed E-state index contributed by atoms with van der Waals surface area (Å²) in [6, 6.07) is 9.04. The number of rotatable bonds is 4. The minimum atomic E-state index is -0.465. The second kappa shape index (κ2) is 7.22. The third-order valence-corrected chi connectivity index (χ3v) is 3.04. The van der Waals surface area contributed by atoms with Crippen LogP contribution in [0.2, 0.25) is 0 Å². The van der Waals surface area contributed by atoms with Crippen LogP contribution in [0.3, 0.4) is 0 Å². The third-order valence-electron chi connectivity index (χ3n) is 3.04. The van der Waals surface area contributed by atoms with Gasteiger partial charge in [0.2, 0.25) is 5.91 Å². The first-order chi connectivity index (χ1) is 9.69. The molecule has 0 saturated heterocycles. The fourth-order valence-corrected chi connectivity index (χ4v) is 1.80. The van der Waals surface area contributed by atoms with Gasteiger partial charge in [-0.15, -0.1) is 0 Å². The van der Waals surface area contributed by atoms with Crippen molar-refractivity contribution in [1.29, 1.82) is 0 Å². The molecule has 116 valence electrons. The molecule has 0 heterocycles. The number of benzene rings is 1. The number of carbonyl (C=O) groups is 2. The van der Waals surface area contributed by atoms with E-state index in [1.165, 1.54) is 0 Å². The van der Waals surface area contributed by atoms with Gasteiger partial charge in [-0.25, -0.2) is 4.79 Å². The Hall–Kier alpha value is -1.88. The number of hydrogen-bond acceptors (Lipinski definition) is 3. The van der Waals surface area contributed by atoms with E-state index in [1.54, 1.807) is 6.92 Å². The van der Waals surface area contributed by atoms with Crippen molar-refractivity contribution in [2.24, 2.45) is 0 Å². The van der Waals surface area contributed by atoms with Crippen LogP contribution < -0.4 is 10.6 Å². The van der Waals surface area contributed by atoms with E-state index in [0.29, 0.717) is 6.54 Å². The lowest BCUT2D eigenvalue weighted by Crippen LogP contribution is -2.52. The van der Waals surface area contributed by atoms with Crippen molar-refractivity contribution in [3.8, 4) is 0 Å². The van der Waals surface area contributed by atoms with Crippen molar-refractivity contribution in [2.45, 2.75) is 45.8 Å². The average molecular weight is 291 g/mol. The Kier molecular flexibility index (Phi) is 5.90. The molecule has 2 N–H and O–H groups in total. The molecule has 3 amide bonds. The third kappa shape index (κ3) is 6.40. The first kappa shape index (κ1) is 17.2. The monoisotopic (exact) mass is 291 g/mol. The summed E-state index contributed by atoms with van der Waals surface area (Å²) in [5.74, 6) is -0.310. The van der Waals surface area contributed by atoms with Gasteiger partial charge in [-0.05, 0) is 40.3 Å². The number of nitrogens with one attached hydrogen (secondary N) is 2. The van der Waals surface area contributed by atoms with Gasteiger partial charge in [0.25, 0.3) is 0 Å². The Morgan fingerprint density at radius 3 is 2.29 bits per heavy atom. The molecule has 0 bridgehead atoms. The molecule has 0 aliphatic rings. The molecule has 0 radical (unpaired) electrons. The molecular formula is C16H25N3O2. The van der Waals surface area contributed by atoms with Gasteiger partial charge >= 0.3 is 6.03 Å². The highest BCUT2D eigenvalue weighted by atomic mass is 16.2. The van der Waals surface area contributed by atoms with E-state index in [4.69, 9.17) is 0 Å². The zero-order chi connectivity index (χ0) is 16.0. The predicted octanol–water partition coefficient (Wildman–Crippen LogP) is 2.13. The summed E-state index contributed by atoms with van der Waals surface area (Å²) in [5, 5.41) is 5.08. The van der Waals surface area contributed by atoms with Crippen molar-refractivity contribution in [2.75, 3.05) is 7.05 Å². The predicted molar refractivity (Wildman–Crippen MR) is 83.8 cm³/mol. The van der Waals surface area contributed by atoms with Gasteiger partial charge in [0, 0.05) is 12.1 Å². The first-order valence-electron chi connectivity index (χ1n) is 7.06. The van der Waals surface area contributed by atoms with Crippen LogP contribution in [0.5, 0.6) is 0 Å². The number of likely N-dealkylation sites (N-methyl/N-ethyl adjacent to an activating group) is 1. The molecule has 0 fully saturated rings. The van der Waals surface area contributed by atoms with Crippen molar-refractivity contribution in [1.82, 2.24) is 15.5 Å². The standard InChI is InChI=1S/C16H25N3O2/c1-12(14(20)17-15(21)18-16(2,3)4)19(5)11-13-9-7-6-8-10-13/h6-10,12H,11H2,1-5H3,(H2,17,18,20,21)/t12-/m0/s1. The lowest BCUT2D eigenvalue weighted by Gasteiger charge is -2.25. The highest BCUT2D eigenvalue weighted by molar-refractivity contribution is 5.96. The Morgan fingerprint density at radius 2 is 1.76 bits per heavy atom. The van der Waals surface area contributed by atoms with Crippen LogP contribution in [-0.2, 0) is 11.3 Å². The molecule has 5 heteroatoms. The highest BCUT2D eigenvalue weighted by Crippen LogP contribution is 2.06. The van der Waals surface area contributed by atoms with Gasteiger partial charge in [0.05, 0.1) is 6.04 Å². The van der Waals surface area contributed by atoms with Crippen LogP contribution >= 0.6 is 0 Å². The van der Waals surface area contributed by atoms with E-state index in [0.717, 1.165) is 5.56 Å². The molecule has 21 heavy (non-hydrogen) atoms. The lowest BCUT2D eigenvalue weighted by atomic mass is 10.1. The summed E-state index contributed by atoms with van der Waals surface area (Å²) in [4.78, 5) is 25.6. The minimum Gasteiger partial charge on any atom is -0.333 e. The maximum Gasteiger partial charge on any atom is 0.321 e. The van der Waals surface area contributed by atoms with Crippen molar-refractivity contribution in [3.63, 3.8) is 0 Å². The molecule has 0 spiro atoms. The molecule has 0 unspecified atom stereocenters. The SMILES string of the molecule is C[C@@H](C(=O)NC(=O)NC(C)(C)C)N(C)Cc1ccccc1. The van der Waals surface area contributed by atoms with E-state index in [1.807, 2.05) is 63.1 Å². The van der Waals surface area contributed by atoms with Crippen molar-refractivity contribution >= 4 is 11.9 Å². The molecular weight excluding hydrogens is 266 g/mol. The van der Waals surface area contributed by atoms with Gasteiger partial charge < -0.3 is 5.32 Å². The Morgan fingerprint density at radius 1 is 1.19 bits per heavy atom. The van der Waals surface area contributed by atoms with Crippen LogP contribution in [0.4, 0.5) is 4.79 Å². The first-order valence-corrected chi connectivity index (χ1v) is 7.06. The zero-order valence-corrected chi connectivity index (χ0v) is 13.4. The summed E-state index contributed by atoms with van der Waals surface area (Å²) in [6.45, 7) is 8.02. The summed E-state index contributed by atoms with van der Waals surface area (Å²) in [5.41, 5.74) is 0.752. The molecule has 1 rings (SSSR count). The fraction of sp³-hybridized carbons (Fsp3) is 0.500. The Balaban J connectivity index is 2.52. The van der Waals surface area contributed by atoms with Crippen LogP contribution in [0.1, 0.15) is 33.3 Å². The number of hydrogen-bond donors (Lipinski definition) is 2. The molecule has 0 aliphatic heterocycles. The Bertz CT molecular complexity index is 480. The topological polar surface area (TPSA) is 61.4 Å². The Labute approximate surface area is 126 Å². The number of imide groups is 1. The summed E-state index contributed by atoms with van der Waals surface area (Å²) in [6.07, 6.45) is 0. The number of urea groups is 1. The molecule has 0 aromatic heterocycles. The average Bonchev–Trinajstić information content (AvgIpc) is 2.36. The zero-order valence-electron chi connectivity index (χ0n) is 13.4. The molecule has 0 saturated carbocycles. The van der Waals surface area contributed by atoms with E-state index >= 15 is 0 Å². The van der Waals surface area contributed by atoms with Gasteiger partial charge in [0.1, 0.15) is 0 Å². The summed E-state index contributed by atoms with van der Waals surface area (Å²) in [7, 11) is 1.86. The smallest absolute Gasteiger partial charge is 0.321 e. The molecule has 1 atom stereocenters. The van der Waals surface area contributed by atoms with Gasteiger partial charge in [-0.1, -0.05) is 30.3 Å². The number of carbonyl (C=O) groups excluding carboxylic acids is 2.